The van der Waals surface area contributed by atoms with Crippen molar-refractivity contribution in [2.24, 2.45) is 10.9 Å². The van der Waals surface area contributed by atoms with Gasteiger partial charge in [-0.25, -0.2) is 4.98 Å². The molecular weight excluding hydrogens is 462 g/mol. The maximum absolute atomic E-state index is 5.39. The fourth-order valence-corrected chi connectivity index (χ4v) is 6.00. The molecule has 0 fully saturated rings. The van der Waals surface area contributed by atoms with Crippen molar-refractivity contribution in [2.45, 2.75) is 58.5 Å². The van der Waals surface area contributed by atoms with Gasteiger partial charge in [-0.15, -0.1) is 10.2 Å². The van der Waals surface area contributed by atoms with Gasteiger partial charge in [-0.2, -0.15) is 5.21 Å². The molecule has 2 unspecified atom stereocenters. The average Bonchev–Trinajstić information content (AvgIpc) is 3.68. The highest BCUT2D eigenvalue weighted by Gasteiger charge is 2.31. The van der Waals surface area contributed by atoms with Crippen molar-refractivity contribution in [3.8, 4) is 22.5 Å². The Balaban J connectivity index is 1.43. The smallest absolute Gasteiger partial charge is 0.205 e. The van der Waals surface area contributed by atoms with Crippen LogP contribution in [0.2, 0.25) is 0 Å². The minimum atomic E-state index is 0.220. The summed E-state index contributed by atoms with van der Waals surface area (Å²) in [4.78, 5) is 10.4. The summed E-state index contributed by atoms with van der Waals surface area (Å²) >= 11 is 0. The van der Waals surface area contributed by atoms with Crippen molar-refractivity contribution in [3.63, 3.8) is 0 Å². The molecule has 0 bridgehead atoms. The summed E-state index contributed by atoms with van der Waals surface area (Å²) in [6, 6.07) is 15.6. The largest absolute Gasteiger partial charge is 0.385 e. The molecular formula is C29H33N7O. The van der Waals surface area contributed by atoms with Crippen molar-refractivity contribution < 1.29 is 4.74 Å². The predicted octanol–water partition coefficient (Wildman–Crippen LogP) is 3.67. The zero-order valence-corrected chi connectivity index (χ0v) is 21.9. The number of H-pyrrole nitrogens is 1. The first-order valence-electron chi connectivity index (χ1n) is 13.2. The number of hydrogen-bond donors (Lipinski definition) is 1. The van der Waals surface area contributed by atoms with Gasteiger partial charge in [0.25, 0.3) is 0 Å². The van der Waals surface area contributed by atoms with E-state index in [1.54, 1.807) is 7.11 Å². The van der Waals surface area contributed by atoms with Crippen molar-refractivity contribution in [2.75, 3.05) is 13.7 Å². The maximum Gasteiger partial charge on any atom is 0.205 e. The lowest BCUT2D eigenvalue weighted by molar-refractivity contribution is 0.183. The summed E-state index contributed by atoms with van der Waals surface area (Å²) in [7, 11) is 1.76. The second-order valence-corrected chi connectivity index (χ2v) is 10.1. The molecule has 0 saturated heterocycles. The van der Waals surface area contributed by atoms with Crippen LogP contribution < -0.4 is 10.8 Å². The van der Waals surface area contributed by atoms with Gasteiger partial charge in [0.2, 0.25) is 5.82 Å². The van der Waals surface area contributed by atoms with E-state index in [-0.39, 0.29) is 12.1 Å². The van der Waals surface area contributed by atoms with Crippen LogP contribution in [0.3, 0.4) is 0 Å². The van der Waals surface area contributed by atoms with Gasteiger partial charge >= 0.3 is 0 Å². The maximum atomic E-state index is 5.39. The second-order valence-electron chi connectivity index (χ2n) is 10.1. The van der Waals surface area contributed by atoms with Crippen LogP contribution in [0.25, 0.3) is 28.1 Å². The molecule has 0 amide bonds. The Morgan fingerprint density at radius 1 is 1.14 bits per heavy atom. The van der Waals surface area contributed by atoms with Crippen LogP contribution in [0.4, 0.5) is 0 Å². The number of methoxy groups -OCH3 is 1. The average molecular weight is 496 g/mol. The molecule has 2 aliphatic rings. The third-order valence-electron chi connectivity index (χ3n) is 8.14. The number of nitrogens with zero attached hydrogens (tertiary/aromatic N) is 6. The molecule has 2 aromatic carbocycles. The molecule has 1 N–H and O–H groups in total. The molecule has 0 spiro atoms. The van der Waals surface area contributed by atoms with Crippen LogP contribution >= 0.6 is 0 Å². The summed E-state index contributed by atoms with van der Waals surface area (Å²) in [5, 5.41) is 15.8. The first-order chi connectivity index (χ1) is 18.1. The molecule has 2 aromatic heterocycles. The number of nitrogens with one attached hydrogen (secondary N) is 1. The van der Waals surface area contributed by atoms with E-state index in [4.69, 9.17) is 14.7 Å². The lowest BCUT2D eigenvalue weighted by Gasteiger charge is -2.24. The third kappa shape index (κ3) is 4.00. The fraction of sp³-hybridized carbons (Fsp3) is 0.414. The molecule has 0 radical (unpaired) electrons. The molecule has 1 aliphatic heterocycles. The normalized spacial score (nSPS) is 20.5. The van der Waals surface area contributed by atoms with Crippen LogP contribution in [0.1, 0.15) is 56.6 Å². The molecule has 8 nitrogen and oxygen atoms in total. The van der Waals surface area contributed by atoms with Gasteiger partial charge in [0, 0.05) is 31.6 Å². The van der Waals surface area contributed by atoms with Crippen molar-refractivity contribution >= 4 is 5.57 Å². The Morgan fingerprint density at radius 3 is 2.73 bits per heavy atom. The minimum absolute atomic E-state index is 0.220. The molecule has 3 atom stereocenters. The number of fused-ring (bicyclic) bond motifs is 2. The van der Waals surface area contributed by atoms with E-state index < -0.39 is 0 Å². The number of ether oxygens (including phenoxy) is 1. The molecule has 6 rings (SSSR count). The van der Waals surface area contributed by atoms with Crippen LogP contribution in [0.15, 0.2) is 47.5 Å². The highest BCUT2D eigenvalue weighted by Crippen LogP contribution is 2.38. The Labute approximate surface area is 216 Å². The van der Waals surface area contributed by atoms with Crippen LogP contribution in [0.5, 0.6) is 0 Å². The Kier molecular flexibility index (Phi) is 6.20. The zero-order chi connectivity index (χ0) is 25.5. The number of tetrazole rings is 1. The minimum Gasteiger partial charge on any atom is -0.385 e. The molecule has 4 aromatic rings. The van der Waals surface area contributed by atoms with Gasteiger partial charge in [0.05, 0.1) is 12.1 Å². The molecule has 37 heavy (non-hydrogen) atoms. The molecule has 190 valence electrons. The fourth-order valence-electron chi connectivity index (χ4n) is 6.00. The first-order valence-corrected chi connectivity index (χ1v) is 13.2. The Morgan fingerprint density at radius 2 is 1.97 bits per heavy atom. The van der Waals surface area contributed by atoms with Gasteiger partial charge < -0.3 is 9.30 Å². The van der Waals surface area contributed by atoms with E-state index >= 15 is 0 Å². The highest BCUT2D eigenvalue weighted by atomic mass is 16.5. The lowest BCUT2D eigenvalue weighted by atomic mass is 9.90. The molecule has 3 heterocycles. The molecule has 1 aliphatic carbocycles. The second kappa shape index (κ2) is 9.67. The quantitative estimate of drug-likeness (QED) is 0.422. The first kappa shape index (κ1) is 23.7. The van der Waals surface area contributed by atoms with Crippen LogP contribution in [0, 0.1) is 5.92 Å². The SMILES string of the molecule is CCc1nc2c(n1[C@H]1CCc3cc(-c4ccccc4-c4nn[nH]n4)ccc31)=NC(CCOC)C(C)C=2C. The van der Waals surface area contributed by atoms with Crippen LogP contribution in [-0.4, -0.2) is 49.9 Å². The zero-order valence-electron chi connectivity index (χ0n) is 21.9. The standard InChI is InChI=1S/C29H33N7O/c1-5-26-31-27-18(3)17(2)24(14-15-37-4)30-29(27)36(26)25-13-11-20-16-19(10-12-22(20)25)21-8-6-7-9-23(21)28-32-34-35-33-28/h6-10,12,16-17,24-25H,5,11,13-15H2,1-4H3,(H,32,33,34,35)/t17?,24?,25-/m0/s1. The highest BCUT2D eigenvalue weighted by molar-refractivity contribution is 5.80. The lowest BCUT2D eigenvalue weighted by Crippen LogP contribution is -2.42. The van der Waals surface area contributed by atoms with E-state index in [9.17, 15) is 0 Å². The predicted molar refractivity (Wildman–Crippen MR) is 142 cm³/mol. The van der Waals surface area contributed by atoms with Crippen molar-refractivity contribution in [3.05, 3.63) is 70.3 Å². The number of aromatic amines is 1. The van der Waals surface area contributed by atoms with E-state index in [1.165, 1.54) is 22.3 Å². The van der Waals surface area contributed by atoms with Gasteiger partial charge in [0.15, 0.2) is 5.49 Å². The summed E-state index contributed by atoms with van der Waals surface area (Å²) < 4.78 is 7.83. The Hall–Kier alpha value is -3.65. The summed E-state index contributed by atoms with van der Waals surface area (Å²) in [5.41, 5.74) is 8.41. The van der Waals surface area contributed by atoms with E-state index in [0.717, 1.165) is 60.1 Å². The van der Waals surface area contributed by atoms with Crippen LogP contribution in [-0.2, 0) is 17.6 Å². The van der Waals surface area contributed by atoms with E-state index in [1.807, 2.05) is 12.1 Å². The number of aromatic nitrogens is 6. The molecule has 8 heteroatoms. The number of hydrogen-bond acceptors (Lipinski definition) is 6. The van der Waals surface area contributed by atoms with Gasteiger partial charge in [-0.3, -0.25) is 4.99 Å². The summed E-state index contributed by atoms with van der Waals surface area (Å²) in [6.07, 6.45) is 3.88. The van der Waals surface area contributed by atoms with E-state index in [0.29, 0.717) is 11.7 Å². The third-order valence-corrected chi connectivity index (χ3v) is 8.14. The number of benzene rings is 2. The van der Waals surface area contributed by atoms with Gasteiger partial charge in [0.1, 0.15) is 11.2 Å². The Bertz CT molecular complexity index is 1550. The number of aryl methyl sites for hydroxylation is 2. The monoisotopic (exact) mass is 495 g/mol. The number of rotatable bonds is 7. The van der Waals surface area contributed by atoms with Crippen molar-refractivity contribution in [1.29, 1.82) is 0 Å². The van der Waals surface area contributed by atoms with Gasteiger partial charge in [-0.05, 0) is 59.2 Å². The van der Waals surface area contributed by atoms with Gasteiger partial charge in [-0.1, -0.05) is 56.3 Å². The topological polar surface area (TPSA) is 93.9 Å². The van der Waals surface area contributed by atoms with Crippen molar-refractivity contribution in [1.82, 2.24) is 30.2 Å². The summed E-state index contributed by atoms with van der Waals surface area (Å²) in [5.74, 6) is 2.10. The van der Waals surface area contributed by atoms with E-state index in [2.05, 4.69) is 76.3 Å². The molecule has 0 saturated carbocycles. The number of imidazole rings is 1. The summed E-state index contributed by atoms with van der Waals surface area (Å²) in [6.45, 7) is 7.41.